The number of halogens is 1. The van der Waals surface area contributed by atoms with Crippen molar-refractivity contribution in [2.75, 3.05) is 0 Å². The van der Waals surface area contributed by atoms with Crippen LogP contribution in [0.5, 0.6) is 0 Å². The highest BCUT2D eigenvalue weighted by atomic mass is 32.2. The van der Waals surface area contributed by atoms with E-state index in [0.29, 0.717) is 17.0 Å². The molecule has 10 heteroatoms. The minimum Gasteiger partial charge on any atom is -0.419 e. The maximum absolute atomic E-state index is 12.9. The topological polar surface area (TPSA) is 114 Å². The molecule has 0 bridgehead atoms. The van der Waals surface area contributed by atoms with Crippen molar-refractivity contribution in [3.05, 3.63) is 47.4 Å². The molecule has 2 heterocycles. The Bertz CT molecular complexity index is 943. The van der Waals surface area contributed by atoms with Gasteiger partial charge in [0.05, 0.1) is 17.9 Å². The Morgan fingerprint density at radius 1 is 1.21 bits per heavy atom. The van der Waals surface area contributed by atoms with E-state index in [-0.39, 0.29) is 29.0 Å². The molecule has 0 aliphatic carbocycles. The first-order chi connectivity index (χ1) is 11.4. The van der Waals surface area contributed by atoms with Crippen molar-refractivity contribution >= 4 is 10.0 Å². The highest BCUT2D eigenvalue weighted by Gasteiger charge is 2.22. The number of aryl methyl sites for hydroxylation is 2. The predicted molar refractivity (Wildman–Crippen MR) is 81.8 cm³/mol. The molecule has 0 saturated heterocycles. The van der Waals surface area contributed by atoms with Crippen molar-refractivity contribution in [3.8, 4) is 11.5 Å². The van der Waals surface area contributed by atoms with Gasteiger partial charge < -0.3 is 4.42 Å². The van der Waals surface area contributed by atoms with Gasteiger partial charge in [0, 0.05) is 5.56 Å². The lowest BCUT2D eigenvalue weighted by molar-refractivity contribution is 0.494. The molecular formula is C14H14FN5O3S. The predicted octanol–water partition coefficient (Wildman–Crippen LogP) is 1.69. The molecule has 3 aromatic rings. The van der Waals surface area contributed by atoms with E-state index in [1.807, 2.05) is 0 Å². The number of sulfonamides is 1. The largest absolute Gasteiger partial charge is 0.419 e. The third-order valence-electron chi connectivity index (χ3n) is 3.30. The van der Waals surface area contributed by atoms with Crippen molar-refractivity contribution in [1.29, 1.82) is 0 Å². The lowest BCUT2D eigenvalue weighted by Gasteiger charge is -2.04. The monoisotopic (exact) mass is 351 g/mol. The van der Waals surface area contributed by atoms with Crippen molar-refractivity contribution in [3.63, 3.8) is 0 Å². The fraction of sp³-hybridized carbons (Fsp3) is 0.214. The Morgan fingerprint density at radius 2 is 1.92 bits per heavy atom. The van der Waals surface area contributed by atoms with E-state index in [2.05, 4.69) is 25.1 Å². The average molecular weight is 351 g/mol. The average Bonchev–Trinajstić information content (AvgIpc) is 3.13. The SMILES string of the molecule is Cc1n[nH]c(C)c1S(=O)(=O)NCc1nnc(-c2ccc(F)cc2)o1. The van der Waals surface area contributed by atoms with Crippen LogP contribution in [0.25, 0.3) is 11.5 Å². The zero-order chi connectivity index (χ0) is 17.3. The van der Waals surface area contributed by atoms with Crippen molar-refractivity contribution < 1.29 is 17.2 Å². The van der Waals surface area contributed by atoms with Crippen LogP contribution in [0.1, 0.15) is 17.3 Å². The van der Waals surface area contributed by atoms with Gasteiger partial charge in [0.25, 0.3) is 0 Å². The molecule has 0 fully saturated rings. The van der Waals surface area contributed by atoms with E-state index < -0.39 is 10.0 Å². The van der Waals surface area contributed by atoms with Crippen LogP contribution in [0.3, 0.4) is 0 Å². The summed E-state index contributed by atoms with van der Waals surface area (Å²) in [5.41, 5.74) is 1.36. The lowest BCUT2D eigenvalue weighted by atomic mass is 10.2. The molecule has 0 aliphatic rings. The molecular weight excluding hydrogens is 337 g/mol. The highest BCUT2D eigenvalue weighted by Crippen LogP contribution is 2.19. The van der Waals surface area contributed by atoms with Crippen LogP contribution in [0.15, 0.2) is 33.6 Å². The van der Waals surface area contributed by atoms with Gasteiger partial charge in [0.15, 0.2) is 0 Å². The summed E-state index contributed by atoms with van der Waals surface area (Å²) in [5, 5.41) is 14.1. The van der Waals surface area contributed by atoms with Crippen LogP contribution in [-0.4, -0.2) is 28.8 Å². The summed E-state index contributed by atoms with van der Waals surface area (Å²) < 4.78 is 45.3. The molecule has 0 radical (unpaired) electrons. The maximum Gasteiger partial charge on any atom is 0.247 e. The number of benzene rings is 1. The Morgan fingerprint density at radius 3 is 2.54 bits per heavy atom. The van der Waals surface area contributed by atoms with Gasteiger partial charge in [-0.2, -0.15) is 5.10 Å². The molecule has 0 spiro atoms. The van der Waals surface area contributed by atoms with Gasteiger partial charge in [-0.1, -0.05) is 0 Å². The van der Waals surface area contributed by atoms with E-state index in [1.54, 1.807) is 13.8 Å². The van der Waals surface area contributed by atoms with E-state index in [4.69, 9.17) is 4.42 Å². The van der Waals surface area contributed by atoms with Crippen LogP contribution in [0.2, 0.25) is 0 Å². The Kier molecular flexibility index (Phi) is 4.16. The summed E-state index contributed by atoms with van der Waals surface area (Å²) in [5.74, 6) is -0.103. The molecule has 0 unspecified atom stereocenters. The zero-order valence-corrected chi connectivity index (χ0v) is 13.7. The van der Waals surface area contributed by atoms with E-state index in [1.165, 1.54) is 24.3 Å². The summed E-state index contributed by atoms with van der Waals surface area (Å²) in [7, 11) is -3.76. The summed E-state index contributed by atoms with van der Waals surface area (Å²) in [6.07, 6.45) is 0. The Labute approximate surface area is 137 Å². The summed E-state index contributed by atoms with van der Waals surface area (Å²) >= 11 is 0. The van der Waals surface area contributed by atoms with E-state index >= 15 is 0 Å². The second kappa shape index (κ2) is 6.13. The number of nitrogens with zero attached hydrogens (tertiary/aromatic N) is 3. The fourth-order valence-corrected chi connectivity index (χ4v) is 3.54. The van der Waals surface area contributed by atoms with Crippen LogP contribution in [0.4, 0.5) is 4.39 Å². The van der Waals surface area contributed by atoms with Crippen LogP contribution in [0, 0.1) is 19.7 Å². The lowest BCUT2D eigenvalue weighted by Crippen LogP contribution is -2.24. The van der Waals surface area contributed by atoms with Gasteiger partial charge in [-0.15, -0.1) is 10.2 Å². The smallest absolute Gasteiger partial charge is 0.247 e. The summed E-state index contributed by atoms with van der Waals surface area (Å²) in [6.45, 7) is 3.05. The first kappa shape index (κ1) is 16.3. The molecule has 2 N–H and O–H groups in total. The normalized spacial score (nSPS) is 11.8. The van der Waals surface area contributed by atoms with Gasteiger partial charge >= 0.3 is 0 Å². The van der Waals surface area contributed by atoms with Crippen molar-refractivity contribution in [1.82, 2.24) is 25.1 Å². The standard InChI is InChI=1S/C14H14FN5O3S/c1-8-13(9(2)18-17-8)24(21,22)16-7-12-19-20-14(23-12)10-3-5-11(15)6-4-10/h3-6,16H,7H2,1-2H3,(H,17,18). The van der Waals surface area contributed by atoms with Gasteiger partial charge in [0.2, 0.25) is 21.8 Å². The van der Waals surface area contributed by atoms with Gasteiger partial charge in [-0.25, -0.2) is 17.5 Å². The number of H-pyrrole nitrogens is 1. The maximum atomic E-state index is 12.9. The molecule has 0 aliphatic heterocycles. The molecule has 126 valence electrons. The van der Waals surface area contributed by atoms with Crippen LogP contribution in [-0.2, 0) is 16.6 Å². The fourth-order valence-electron chi connectivity index (χ4n) is 2.20. The number of aromatic nitrogens is 4. The minimum atomic E-state index is -3.76. The summed E-state index contributed by atoms with van der Waals surface area (Å²) in [4.78, 5) is 0.0979. The molecule has 0 saturated carbocycles. The number of hydrogen-bond donors (Lipinski definition) is 2. The van der Waals surface area contributed by atoms with Crippen molar-refractivity contribution in [2.45, 2.75) is 25.3 Å². The Balaban J connectivity index is 1.75. The highest BCUT2D eigenvalue weighted by molar-refractivity contribution is 7.89. The Hall–Kier alpha value is -2.59. The third-order valence-corrected chi connectivity index (χ3v) is 4.96. The number of nitrogens with one attached hydrogen (secondary N) is 2. The second-order valence-electron chi connectivity index (χ2n) is 5.10. The summed E-state index contributed by atoms with van der Waals surface area (Å²) in [6, 6.07) is 5.53. The first-order valence-electron chi connectivity index (χ1n) is 6.96. The molecule has 0 atom stereocenters. The molecule has 3 rings (SSSR count). The van der Waals surface area contributed by atoms with Crippen molar-refractivity contribution in [2.24, 2.45) is 0 Å². The minimum absolute atomic E-state index is 0.0942. The first-order valence-corrected chi connectivity index (χ1v) is 8.44. The zero-order valence-electron chi connectivity index (χ0n) is 12.9. The van der Waals surface area contributed by atoms with E-state index in [0.717, 1.165) is 0 Å². The number of aromatic amines is 1. The molecule has 1 aromatic carbocycles. The molecule has 2 aromatic heterocycles. The molecule has 8 nitrogen and oxygen atoms in total. The van der Waals surface area contributed by atoms with Crippen LogP contribution < -0.4 is 4.72 Å². The van der Waals surface area contributed by atoms with Gasteiger partial charge in [-0.3, -0.25) is 5.10 Å². The molecule has 0 amide bonds. The number of rotatable bonds is 5. The third kappa shape index (κ3) is 3.19. The molecule has 24 heavy (non-hydrogen) atoms. The van der Waals surface area contributed by atoms with Gasteiger partial charge in [0.1, 0.15) is 10.7 Å². The quantitative estimate of drug-likeness (QED) is 0.723. The van der Waals surface area contributed by atoms with Gasteiger partial charge in [-0.05, 0) is 38.1 Å². The van der Waals surface area contributed by atoms with Crippen LogP contribution >= 0.6 is 0 Å². The van der Waals surface area contributed by atoms with E-state index in [9.17, 15) is 12.8 Å². The number of hydrogen-bond acceptors (Lipinski definition) is 6. The second-order valence-corrected chi connectivity index (χ2v) is 6.80.